The Morgan fingerprint density at radius 2 is 2.10 bits per heavy atom. The van der Waals surface area contributed by atoms with Gasteiger partial charge in [-0.25, -0.2) is 0 Å². The Morgan fingerprint density at radius 1 is 1.45 bits per heavy atom. The van der Waals surface area contributed by atoms with Gasteiger partial charge in [-0.1, -0.05) is 13.8 Å². The van der Waals surface area contributed by atoms with E-state index in [9.17, 15) is 4.79 Å². The summed E-state index contributed by atoms with van der Waals surface area (Å²) in [7, 11) is 4.21. The van der Waals surface area contributed by atoms with Gasteiger partial charge in [-0.2, -0.15) is 0 Å². The summed E-state index contributed by atoms with van der Waals surface area (Å²) < 4.78 is 0. The number of nitrogens with two attached hydrogens (primary N) is 1. The molecule has 1 saturated carbocycles. The van der Waals surface area contributed by atoms with E-state index in [0.717, 1.165) is 38.9 Å². The van der Waals surface area contributed by atoms with Gasteiger partial charge in [-0.3, -0.25) is 9.69 Å². The first-order valence-corrected chi connectivity index (χ1v) is 7.81. The summed E-state index contributed by atoms with van der Waals surface area (Å²) in [4.78, 5) is 16.6. The molecule has 0 aromatic rings. The summed E-state index contributed by atoms with van der Waals surface area (Å²) in [5, 5.41) is 3.33. The molecule has 3 N–H and O–H groups in total. The van der Waals surface area contributed by atoms with E-state index < -0.39 is 5.54 Å². The second kappa shape index (κ2) is 7.38. The number of carbonyl (C=O) groups excluding carboxylic acids is 1. The predicted molar refractivity (Wildman–Crippen MR) is 83.6 cm³/mol. The third-order valence-electron chi connectivity index (χ3n) is 4.50. The van der Waals surface area contributed by atoms with Crippen LogP contribution in [-0.4, -0.2) is 67.1 Å². The fourth-order valence-corrected chi connectivity index (χ4v) is 3.68. The Kier molecular flexibility index (Phi) is 6.43. The van der Waals surface area contributed by atoms with Crippen LogP contribution in [0.25, 0.3) is 0 Å². The zero-order chi connectivity index (χ0) is 15.3. The minimum atomic E-state index is -0.495. The highest BCUT2D eigenvalue weighted by molar-refractivity contribution is 5.85. The van der Waals surface area contributed by atoms with Gasteiger partial charge in [0.2, 0.25) is 5.91 Å². The lowest BCUT2D eigenvalue weighted by molar-refractivity contribution is -0.124. The molecule has 118 valence electrons. The molecule has 0 aliphatic heterocycles. The van der Waals surface area contributed by atoms with Gasteiger partial charge < -0.3 is 16.0 Å². The van der Waals surface area contributed by atoms with Gasteiger partial charge in [0.15, 0.2) is 0 Å². The summed E-state index contributed by atoms with van der Waals surface area (Å²) in [6.07, 6.45) is 2.73. The van der Waals surface area contributed by atoms with Crippen molar-refractivity contribution in [2.75, 3.05) is 33.7 Å². The third kappa shape index (κ3) is 3.93. The predicted octanol–water partition coefficient (Wildman–Crippen LogP) is 0.645. The molecule has 0 radical (unpaired) electrons. The van der Waals surface area contributed by atoms with E-state index in [2.05, 4.69) is 43.1 Å². The number of carbonyl (C=O) groups is 1. The molecule has 1 aliphatic carbocycles. The van der Waals surface area contributed by atoms with Gasteiger partial charge in [0.25, 0.3) is 0 Å². The Balaban J connectivity index is 2.74. The van der Waals surface area contributed by atoms with E-state index in [1.165, 1.54) is 0 Å². The van der Waals surface area contributed by atoms with Crippen LogP contribution in [0.5, 0.6) is 0 Å². The van der Waals surface area contributed by atoms with Crippen LogP contribution in [-0.2, 0) is 4.79 Å². The van der Waals surface area contributed by atoms with Crippen LogP contribution in [0.15, 0.2) is 0 Å². The van der Waals surface area contributed by atoms with Gasteiger partial charge in [0.05, 0.1) is 5.54 Å². The highest BCUT2D eigenvalue weighted by Gasteiger charge is 2.45. The topological polar surface area (TPSA) is 61.6 Å². The fraction of sp³-hybridized carbons (Fsp3) is 0.933. The summed E-state index contributed by atoms with van der Waals surface area (Å²) in [5.41, 5.74) is 5.16. The quantitative estimate of drug-likeness (QED) is 0.687. The molecule has 5 heteroatoms. The number of hydrogen-bond acceptors (Lipinski definition) is 4. The smallest absolute Gasteiger partial charge is 0.237 e. The van der Waals surface area contributed by atoms with E-state index in [4.69, 9.17) is 5.73 Å². The van der Waals surface area contributed by atoms with Crippen molar-refractivity contribution in [3.63, 3.8) is 0 Å². The van der Waals surface area contributed by atoms with Crippen LogP contribution in [0.1, 0.15) is 40.0 Å². The first kappa shape index (κ1) is 17.4. The van der Waals surface area contributed by atoms with Crippen LogP contribution in [0.4, 0.5) is 0 Å². The van der Waals surface area contributed by atoms with Crippen molar-refractivity contribution < 1.29 is 4.79 Å². The van der Waals surface area contributed by atoms with Crippen LogP contribution >= 0.6 is 0 Å². The van der Waals surface area contributed by atoms with Crippen molar-refractivity contribution in [3.8, 4) is 0 Å². The number of primary amides is 1. The number of hydrogen-bond donors (Lipinski definition) is 2. The number of nitrogens with one attached hydrogen (secondary N) is 1. The third-order valence-corrected chi connectivity index (χ3v) is 4.50. The SMILES string of the molecule is CCNC1(C(N)=O)CCC(N(CC)C(C)CN(C)C)C1. The van der Waals surface area contributed by atoms with Crippen LogP contribution in [0.2, 0.25) is 0 Å². The maximum atomic E-state index is 11.9. The zero-order valence-corrected chi connectivity index (χ0v) is 13.8. The van der Waals surface area contributed by atoms with Crippen molar-refractivity contribution in [3.05, 3.63) is 0 Å². The molecule has 0 heterocycles. The number of likely N-dealkylation sites (N-methyl/N-ethyl adjacent to an activating group) is 3. The summed E-state index contributed by atoms with van der Waals surface area (Å²) in [5.74, 6) is -0.196. The molecule has 20 heavy (non-hydrogen) atoms. The lowest BCUT2D eigenvalue weighted by atomic mass is 9.96. The molecule has 1 fully saturated rings. The van der Waals surface area contributed by atoms with Crippen LogP contribution in [0, 0.1) is 0 Å². The summed E-state index contributed by atoms with van der Waals surface area (Å²) in [6.45, 7) is 9.33. The average molecular weight is 284 g/mol. The molecule has 1 aliphatic rings. The summed E-state index contributed by atoms with van der Waals surface area (Å²) in [6, 6.07) is 0.937. The monoisotopic (exact) mass is 284 g/mol. The van der Waals surface area contributed by atoms with E-state index in [0.29, 0.717) is 12.1 Å². The van der Waals surface area contributed by atoms with Gasteiger partial charge >= 0.3 is 0 Å². The largest absolute Gasteiger partial charge is 0.368 e. The van der Waals surface area contributed by atoms with Crippen molar-refractivity contribution in [2.45, 2.75) is 57.7 Å². The van der Waals surface area contributed by atoms with Crippen molar-refractivity contribution >= 4 is 5.91 Å². The Hall–Kier alpha value is -0.650. The number of nitrogens with zero attached hydrogens (tertiary/aromatic N) is 2. The average Bonchev–Trinajstić information content (AvgIpc) is 2.75. The van der Waals surface area contributed by atoms with Gasteiger partial charge in [0, 0.05) is 18.6 Å². The number of rotatable bonds is 8. The summed E-state index contributed by atoms with van der Waals surface area (Å²) >= 11 is 0. The van der Waals surface area contributed by atoms with Gasteiger partial charge in [-0.15, -0.1) is 0 Å². The zero-order valence-electron chi connectivity index (χ0n) is 13.8. The van der Waals surface area contributed by atoms with Crippen LogP contribution < -0.4 is 11.1 Å². The highest BCUT2D eigenvalue weighted by Crippen LogP contribution is 2.33. The standard InChI is InChI=1S/C15H32N4O/c1-6-17-15(14(16)20)9-8-13(10-15)19(7-2)12(3)11-18(4)5/h12-13,17H,6-11H2,1-5H3,(H2,16,20). The molecule has 1 rings (SSSR count). The fourth-order valence-electron chi connectivity index (χ4n) is 3.68. The maximum Gasteiger partial charge on any atom is 0.237 e. The second-order valence-corrected chi connectivity index (χ2v) is 6.32. The lowest BCUT2D eigenvalue weighted by Crippen LogP contribution is -2.55. The minimum absolute atomic E-state index is 0.196. The highest BCUT2D eigenvalue weighted by atomic mass is 16.1. The second-order valence-electron chi connectivity index (χ2n) is 6.32. The molecular weight excluding hydrogens is 252 g/mol. The maximum absolute atomic E-state index is 11.9. The van der Waals surface area contributed by atoms with Crippen molar-refractivity contribution in [1.82, 2.24) is 15.1 Å². The lowest BCUT2D eigenvalue weighted by Gasteiger charge is -2.36. The first-order chi connectivity index (χ1) is 9.36. The Morgan fingerprint density at radius 3 is 2.55 bits per heavy atom. The molecule has 0 spiro atoms. The van der Waals surface area contributed by atoms with Crippen molar-refractivity contribution in [1.29, 1.82) is 0 Å². The molecular formula is C15H32N4O. The first-order valence-electron chi connectivity index (χ1n) is 7.81. The molecule has 0 aromatic heterocycles. The van der Waals surface area contributed by atoms with E-state index >= 15 is 0 Å². The molecule has 5 nitrogen and oxygen atoms in total. The Bertz CT molecular complexity index is 321. The van der Waals surface area contributed by atoms with E-state index in [1.54, 1.807) is 0 Å². The molecule has 0 bridgehead atoms. The molecule has 3 unspecified atom stereocenters. The Labute approximate surface area is 123 Å². The molecule has 0 saturated heterocycles. The normalized spacial score (nSPS) is 28.2. The van der Waals surface area contributed by atoms with E-state index in [1.807, 2.05) is 6.92 Å². The van der Waals surface area contributed by atoms with Gasteiger partial charge in [0.1, 0.15) is 0 Å². The molecule has 1 amide bonds. The minimum Gasteiger partial charge on any atom is -0.368 e. The van der Waals surface area contributed by atoms with Crippen LogP contribution in [0.3, 0.4) is 0 Å². The molecule has 0 aromatic carbocycles. The molecule has 3 atom stereocenters. The van der Waals surface area contributed by atoms with E-state index in [-0.39, 0.29) is 5.91 Å². The number of amides is 1. The van der Waals surface area contributed by atoms with Gasteiger partial charge in [-0.05, 0) is 53.4 Å². The van der Waals surface area contributed by atoms with Crippen molar-refractivity contribution in [2.24, 2.45) is 5.73 Å².